The van der Waals surface area contributed by atoms with E-state index >= 15 is 0 Å². The minimum absolute atomic E-state index is 0.422. The molecule has 0 bridgehead atoms. The Kier molecular flexibility index (Phi) is 2.05. The first-order chi connectivity index (χ1) is 8.13. The minimum atomic E-state index is -0.859. The van der Waals surface area contributed by atoms with E-state index in [2.05, 4.69) is 6.07 Å². The fourth-order valence-corrected chi connectivity index (χ4v) is 2.64. The second-order valence-corrected chi connectivity index (χ2v) is 4.90. The molecule has 0 spiro atoms. The first-order valence-electron chi connectivity index (χ1n) is 5.58. The molecular formula is C13H11F2NO. The number of nitriles is 1. The fraction of sp³-hybridized carbons (Fsp3) is 0.462. The number of hydrogen-bond acceptors (Lipinski definition) is 2. The maximum atomic E-state index is 13.3. The molecule has 17 heavy (non-hydrogen) atoms. The third-order valence-electron chi connectivity index (χ3n) is 4.05. The van der Waals surface area contributed by atoms with Crippen LogP contribution >= 0.6 is 0 Å². The smallest absolute Gasteiger partial charge is 0.159 e. The van der Waals surface area contributed by atoms with Crippen LogP contribution in [-0.2, 0) is 10.2 Å². The third-order valence-corrected chi connectivity index (χ3v) is 4.05. The van der Waals surface area contributed by atoms with E-state index < -0.39 is 22.5 Å². The Morgan fingerprint density at radius 1 is 1.18 bits per heavy atom. The lowest BCUT2D eigenvalue weighted by Crippen LogP contribution is -2.53. The maximum absolute atomic E-state index is 13.3. The molecule has 4 heteroatoms. The van der Waals surface area contributed by atoms with Gasteiger partial charge in [-0.1, -0.05) is 6.07 Å². The lowest BCUT2D eigenvalue weighted by atomic mass is 9.66. The average Bonchev–Trinajstić information content (AvgIpc) is 3.03. The highest BCUT2D eigenvalue weighted by Gasteiger charge is 2.64. The molecule has 88 valence electrons. The molecule has 1 heterocycles. The van der Waals surface area contributed by atoms with E-state index in [1.165, 1.54) is 6.07 Å². The summed E-state index contributed by atoms with van der Waals surface area (Å²) in [7, 11) is 0. The third kappa shape index (κ3) is 1.26. The van der Waals surface area contributed by atoms with Gasteiger partial charge in [0.2, 0.25) is 0 Å². The highest BCUT2D eigenvalue weighted by atomic mass is 19.2. The van der Waals surface area contributed by atoms with Crippen molar-refractivity contribution >= 4 is 0 Å². The van der Waals surface area contributed by atoms with Gasteiger partial charge >= 0.3 is 0 Å². The Balaban J connectivity index is 2.07. The predicted molar refractivity (Wildman–Crippen MR) is 56.1 cm³/mol. The molecule has 2 fully saturated rings. The van der Waals surface area contributed by atoms with Crippen molar-refractivity contribution in [2.45, 2.75) is 18.3 Å². The Hall–Kier alpha value is -1.47. The number of benzene rings is 1. The SMILES string of the molecule is N#CC1(C2(c3ccc(F)c(F)c3)COC2)CC1. The molecule has 0 amide bonds. The van der Waals surface area contributed by atoms with Crippen molar-refractivity contribution < 1.29 is 13.5 Å². The van der Waals surface area contributed by atoms with E-state index in [9.17, 15) is 14.0 Å². The summed E-state index contributed by atoms with van der Waals surface area (Å²) in [5.41, 5.74) is -0.187. The van der Waals surface area contributed by atoms with Gasteiger partial charge in [0, 0.05) is 0 Å². The number of halogens is 2. The van der Waals surface area contributed by atoms with Gasteiger partial charge in [0.25, 0.3) is 0 Å². The normalized spacial score (nSPS) is 23.6. The Morgan fingerprint density at radius 2 is 1.88 bits per heavy atom. The van der Waals surface area contributed by atoms with E-state index in [0.717, 1.165) is 18.9 Å². The van der Waals surface area contributed by atoms with Crippen molar-refractivity contribution in [3.63, 3.8) is 0 Å². The summed E-state index contributed by atoms with van der Waals surface area (Å²) in [6.07, 6.45) is 1.62. The number of ether oxygens (including phenoxy) is 1. The molecule has 0 radical (unpaired) electrons. The van der Waals surface area contributed by atoms with Crippen LogP contribution in [0, 0.1) is 28.4 Å². The van der Waals surface area contributed by atoms with Crippen molar-refractivity contribution in [3.05, 3.63) is 35.4 Å². The summed E-state index contributed by atoms with van der Waals surface area (Å²) < 4.78 is 31.4. The maximum Gasteiger partial charge on any atom is 0.159 e. The second-order valence-electron chi connectivity index (χ2n) is 4.90. The van der Waals surface area contributed by atoms with Gasteiger partial charge in [-0.3, -0.25) is 0 Å². The highest BCUT2D eigenvalue weighted by molar-refractivity contribution is 5.39. The van der Waals surface area contributed by atoms with E-state index in [0.29, 0.717) is 18.8 Å². The summed E-state index contributed by atoms with van der Waals surface area (Å²) in [4.78, 5) is 0. The van der Waals surface area contributed by atoms with Crippen LogP contribution in [0.4, 0.5) is 8.78 Å². The van der Waals surface area contributed by atoms with Crippen molar-refractivity contribution in [1.82, 2.24) is 0 Å². The number of hydrogen-bond donors (Lipinski definition) is 0. The van der Waals surface area contributed by atoms with E-state index in [-0.39, 0.29) is 0 Å². The number of nitrogens with zero attached hydrogens (tertiary/aromatic N) is 1. The molecule has 0 N–H and O–H groups in total. The molecule has 2 aliphatic rings. The molecule has 3 rings (SSSR count). The lowest BCUT2D eigenvalue weighted by Gasteiger charge is -2.45. The Bertz CT molecular complexity index is 513. The largest absolute Gasteiger partial charge is 0.379 e. The predicted octanol–water partition coefficient (Wildman–Crippen LogP) is 2.54. The molecule has 1 aromatic carbocycles. The average molecular weight is 235 g/mol. The van der Waals surface area contributed by atoms with Gasteiger partial charge in [0.15, 0.2) is 11.6 Å². The van der Waals surface area contributed by atoms with Crippen molar-refractivity contribution in [2.75, 3.05) is 13.2 Å². The first kappa shape index (κ1) is 10.7. The highest BCUT2D eigenvalue weighted by Crippen LogP contribution is 2.62. The Morgan fingerprint density at radius 3 is 2.29 bits per heavy atom. The molecule has 0 aromatic heterocycles. The molecule has 0 unspecified atom stereocenters. The minimum Gasteiger partial charge on any atom is -0.379 e. The lowest BCUT2D eigenvalue weighted by molar-refractivity contribution is -0.0868. The van der Waals surface area contributed by atoms with Crippen LogP contribution in [-0.4, -0.2) is 13.2 Å². The van der Waals surface area contributed by atoms with Gasteiger partial charge in [0.1, 0.15) is 0 Å². The summed E-state index contributed by atoms with van der Waals surface area (Å²) >= 11 is 0. The van der Waals surface area contributed by atoms with Gasteiger partial charge < -0.3 is 4.74 Å². The van der Waals surface area contributed by atoms with Gasteiger partial charge in [-0.15, -0.1) is 0 Å². The fourth-order valence-electron chi connectivity index (χ4n) is 2.64. The zero-order valence-electron chi connectivity index (χ0n) is 9.17. The van der Waals surface area contributed by atoms with Crippen LogP contribution in [0.2, 0.25) is 0 Å². The van der Waals surface area contributed by atoms with Crippen LogP contribution in [0.3, 0.4) is 0 Å². The first-order valence-corrected chi connectivity index (χ1v) is 5.58. The Labute approximate surface area is 97.8 Å². The quantitative estimate of drug-likeness (QED) is 0.789. The van der Waals surface area contributed by atoms with Crippen LogP contribution in [0.25, 0.3) is 0 Å². The van der Waals surface area contributed by atoms with Crippen molar-refractivity contribution in [2.24, 2.45) is 5.41 Å². The molecule has 1 aromatic rings. The molecular weight excluding hydrogens is 224 g/mol. The van der Waals surface area contributed by atoms with Crippen LogP contribution in [0.15, 0.2) is 18.2 Å². The summed E-state index contributed by atoms with van der Waals surface area (Å²) in [6.45, 7) is 0.845. The van der Waals surface area contributed by atoms with Gasteiger partial charge in [0.05, 0.1) is 30.1 Å². The van der Waals surface area contributed by atoms with Crippen LogP contribution in [0.1, 0.15) is 18.4 Å². The molecule has 0 atom stereocenters. The van der Waals surface area contributed by atoms with E-state index in [1.54, 1.807) is 6.07 Å². The van der Waals surface area contributed by atoms with E-state index in [1.807, 2.05) is 0 Å². The zero-order chi connectivity index (χ0) is 12.1. The zero-order valence-corrected chi connectivity index (χ0v) is 9.17. The van der Waals surface area contributed by atoms with Crippen LogP contribution in [0.5, 0.6) is 0 Å². The molecule has 1 aliphatic heterocycles. The molecule has 1 saturated carbocycles. The summed E-state index contributed by atoms with van der Waals surface area (Å²) in [6, 6.07) is 6.23. The van der Waals surface area contributed by atoms with Gasteiger partial charge in [-0.05, 0) is 30.5 Å². The molecule has 1 saturated heterocycles. The summed E-state index contributed by atoms with van der Waals surface area (Å²) in [5.74, 6) is -1.71. The van der Waals surface area contributed by atoms with Crippen molar-refractivity contribution in [1.29, 1.82) is 5.26 Å². The number of rotatable bonds is 2. The molecule has 2 nitrogen and oxygen atoms in total. The van der Waals surface area contributed by atoms with Gasteiger partial charge in [-0.2, -0.15) is 5.26 Å². The van der Waals surface area contributed by atoms with Crippen molar-refractivity contribution in [3.8, 4) is 6.07 Å². The summed E-state index contributed by atoms with van der Waals surface area (Å²) in [5, 5.41) is 9.27. The monoisotopic (exact) mass is 235 g/mol. The molecule has 1 aliphatic carbocycles. The standard InChI is InChI=1S/C13H11F2NO/c14-10-2-1-9(5-11(10)15)13(7-17-8-13)12(6-16)3-4-12/h1-2,5H,3-4,7-8H2. The van der Waals surface area contributed by atoms with Crippen LogP contribution < -0.4 is 0 Å². The van der Waals surface area contributed by atoms with E-state index in [4.69, 9.17) is 4.74 Å². The topological polar surface area (TPSA) is 33.0 Å². The second kappa shape index (κ2) is 3.27. The van der Waals surface area contributed by atoms with Gasteiger partial charge in [-0.25, -0.2) is 8.78 Å².